The average Bonchev–Trinajstić information content (AvgIpc) is 2.83. The minimum atomic E-state index is -0.591. The first-order chi connectivity index (χ1) is 16.8. The van der Waals surface area contributed by atoms with Crippen LogP contribution < -0.4 is 14.8 Å². The summed E-state index contributed by atoms with van der Waals surface area (Å²) in [7, 11) is 1.67. The lowest BCUT2D eigenvalue weighted by molar-refractivity contribution is -0.177. The monoisotopic (exact) mass is 495 g/mol. The van der Waals surface area contributed by atoms with E-state index in [0.717, 1.165) is 33.9 Å². The van der Waals surface area contributed by atoms with Crippen molar-refractivity contribution in [3.05, 3.63) is 88.4 Å². The maximum absolute atomic E-state index is 6.46. The van der Waals surface area contributed by atoms with Crippen molar-refractivity contribution in [2.24, 2.45) is 0 Å². The lowest BCUT2D eigenvalue weighted by Crippen LogP contribution is -2.51. The van der Waals surface area contributed by atoms with E-state index in [-0.39, 0.29) is 18.3 Å². The molecule has 3 aromatic rings. The SMILES string of the molecule is COc1ccc(CNc2ccc3c(c2)C(OC(C)C)C(OCc2ccccc2Cl)C(C)(C)O3)cc1. The molecule has 1 aliphatic heterocycles. The number of nitrogens with one attached hydrogen (secondary N) is 1. The fourth-order valence-corrected chi connectivity index (χ4v) is 4.50. The molecule has 0 aliphatic carbocycles. The van der Waals surface area contributed by atoms with Gasteiger partial charge in [0.2, 0.25) is 0 Å². The van der Waals surface area contributed by atoms with Crippen LogP contribution in [0.3, 0.4) is 0 Å². The Morgan fingerprint density at radius 1 is 1.03 bits per heavy atom. The molecule has 0 amide bonds. The number of fused-ring (bicyclic) bond motifs is 1. The topological polar surface area (TPSA) is 49.0 Å². The Labute approximate surface area is 213 Å². The Balaban J connectivity index is 1.57. The van der Waals surface area contributed by atoms with E-state index >= 15 is 0 Å². The van der Waals surface area contributed by atoms with Crippen molar-refractivity contribution >= 4 is 17.3 Å². The van der Waals surface area contributed by atoms with Gasteiger partial charge in [-0.25, -0.2) is 0 Å². The van der Waals surface area contributed by atoms with E-state index in [2.05, 4.69) is 23.5 Å². The highest BCUT2D eigenvalue weighted by molar-refractivity contribution is 6.31. The summed E-state index contributed by atoms with van der Waals surface area (Å²) in [6.07, 6.45) is -0.603. The minimum absolute atomic E-state index is 0.0177. The molecule has 0 aromatic heterocycles. The first kappa shape index (κ1) is 25.4. The summed E-state index contributed by atoms with van der Waals surface area (Å²) in [6, 6.07) is 21.9. The number of benzene rings is 3. The number of anilines is 1. The summed E-state index contributed by atoms with van der Waals surface area (Å²) in [4.78, 5) is 0. The fourth-order valence-electron chi connectivity index (χ4n) is 4.31. The van der Waals surface area contributed by atoms with Crippen LogP contribution in [0.15, 0.2) is 66.7 Å². The van der Waals surface area contributed by atoms with Gasteiger partial charge in [-0.3, -0.25) is 0 Å². The highest BCUT2D eigenvalue weighted by atomic mass is 35.5. The van der Waals surface area contributed by atoms with Gasteiger partial charge in [-0.1, -0.05) is 41.9 Å². The van der Waals surface area contributed by atoms with Crippen LogP contribution in [0.5, 0.6) is 11.5 Å². The Bertz CT molecular complexity index is 1130. The molecular formula is C29H34ClNO4. The molecule has 0 fully saturated rings. The Kier molecular flexibility index (Phi) is 7.90. The molecule has 2 atom stereocenters. The lowest BCUT2D eigenvalue weighted by atomic mass is 9.87. The predicted octanol–water partition coefficient (Wildman–Crippen LogP) is 7.18. The summed E-state index contributed by atoms with van der Waals surface area (Å²) in [6.45, 7) is 9.23. The molecule has 35 heavy (non-hydrogen) atoms. The third-order valence-electron chi connectivity index (χ3n) is 6.10. The number of ether oxygens (including phenoxy) is 4. The van der Waals surface area contributed by atoms with Crippen molar-refractivity contribution in [3.8, 4) is 11.5 Å². The molecule has 6 heteroatoms. The maximum atomic E-state index is 6.46. The van der Waals surface area contributed by atoms with Gasteiger partial charge in [-0.2, -0.15) is 0 Å². The number of halogens is 1. The van der Waals surface area contributed by atoms with Crippen molar-refractivity contribution in [2.45, 2.75) is 64.8 Å². The van der Waals surface area contributed by atoms with Crippen LogP contribution in [0.1, 0.15) is 50.5 Å². The smallest absolute Gasteiger partial charge is 0.132 e. The van der Waals surface area contributed by atoms with Gasteiger partial charge in [0, 0.05) is 22.8 Å². The van der Waals surface area contributed by atoms with Gasteiger partial charge in [0.1, 0.15) is 29.3 Å². The van der Waals surface area contributed by atoms with Crippen molar-refractivity contribution in [2.75, 3.05) is 12.4 Å². The van der Waals surface area contributed by atoms with E-state index in [4.69, 9.17) is 30.5 Å². The van der Waals surface area contributed by atoms with Crippen LogP contribution in [0.25, 0.3) is 0 Å². The first-order valence-electron chi connectivity index (χ1n) is 12.0. The van der Waals surface area contributed by atoms with Crippen molar-refractivity contribution in [1.29, 1.82) is 0 Å². The van der Waals surface area contributed by atoms with Crippen molar-refractivity contribution in [3.63, 3.8) is 0 Å². The largest absolute Gasteiger partial charge is 0.497 e. The van der Waals surface area contributed by atoms with Crippen LogP contribution in [0, 0.1) is 0 Å². The zero-order chi connectivity index (χ0) is 25.0. The number of hydrogen-bond acceptors (Lipinski definition) is 5. The Morgan fingerprint density at radius 2 is 1.77 bits per heavy atom. The molecule has 0 radical (unpaired) electrons. The van der Waals surface area contributed by atoms with E-state index in [1.54, 1.807) is 7.11 Å². The molecule has 1 N–H and O–H groups in total. The van der Waals surface area contributed by atoms with Gasteiger partial charge in [0.05, 0.1) is 19.8 Å². The number of methoxy groups -OCH3 is 1. The molecule has 2 unspecified atom stereocenters. The van der Waals surface area contributed by atoms with Gasteiger partial charge < -0.3 is 24.3 Å². The summed E-state index contributed by atoms with van der Waals surface area (Å²) >= 11 is 6.38. The van der Waals surface area contributed by atoms with Crippen LogP contribution in [-0.2, 0) is 22.6 Å². The van der Waals surface area contributed by atoms with Crippen LogP contribution in [-0.4, -0.2) is 24.9 Å². The first-order valence-corrected chi connectivity index (χ1v) is 12.3. The summed E-state index contributed by atoms with van der Waals surface area (Å²) < 4.78 is 24.6. The third kappa shape index (κ3) is 6.10. The van der Waals surface area contributed by atoms with E-state index in [9.17, 15) is 0 Å². The molecule has 1 aliphatic rings. The second kappa shape index (κ2) is 10.9. The molecule has 1 heterocycles. The molecule has 5 nitrogen and oxygen atoms in total. The Hall–Kier alpha value is -2.73. The summed E-state index contributed by atoms with van der Waals surface area (Å²) in [5.41, 5.74) is 3.48. The standard InChI is InChI=1S/C29H34ClNO4/c1-19(2)34-27-24-16-22(31-17-20-10-13-23(32-5)14-11-20)12-15-26(24)35-29(3,4)28(27)33-18-21-8-6-7-9-25(21)30/h6-16,19,27-28,31H,17-18H2,1-5H3. The molecule has 4 rings (SSSR count). The van der Waals surface area contributed by atoms with Crippen LogP contribution in [0.4, 0.5) is 5.69 Å². The van der Waals surface area contributed by atoms with E-state index < -0.39 is 5.60 Å². The summed E-state index contributed by atoms with van der Waals surface area (Å²) in [5.74, 6) is 1.66. The molecular weight excluding hydrogens is 462 g/mol. The van der Waals surface area contributed by atoms with Crippen molar-refractivity contribution < 1.29 is 18.9 Å². The molecule has 0 saturated heterocycles. The second-order valence-electron chi connectivity index (χ2n) is 9.59. The van der Waals surface area contributed by atoms with E-state index in [1.807, 2.05) is 76.2 Å². The molecule has 0 bridgehead atoms. The third-order valence-corrected chi connectivity index (χ3v) is 6.47. The predicted molar refractivity (Wildman–Crippen MR) is 140 cm³/mol. The summed E-state index contributed by atoms with van der Waals surface area (Å²) in [5, 5.41) is 4.20. The average molecular weight is 496 g/mol. The quantitative estimate of drug-likeness (QED) is 0.340. The second-order valence-corrected chi connectivity index (χ2v) is 10.00. The molecule has 3 aromatic carbocycles. The van der Waals surface area contributed by atoms with Crippen LogP contribution >= 0.6 is 11.6 Å². The van der Waals surface area contributed by atoms with E-state index in [1.165, 1.54) is 0 Å². The molecule has 0 spiro atoms. The molecule has 186 valence electrons. The Morgan fingerprint density at radius 3 is 2.46 bits per heavy atom. The van der Waals surface area contributed by atoms with E-state index in [0.29, 0.717) is 18.2 Å². The fraction of sp³-hybridized carbons (Fsp3) is 0.379. The number of hydrogen-bond donors (Lipinski definition) is 1. The molecule has 0 saturated carbocycles. The van der Waals surface area contributed by atoms with Gasteiger partial charge in [0.25, 0.3) is 0 Å². The zero-order valence-electron chi connectivity index (χ0n) is 21.0. The van der Waals surface area contributed by atoms with Gasteiger partial charge in [0.15, 0.2) is 0 Å². The zero-order valence-corrected chi connectivity index (χ0v) is 21.8. The highest BCUT2D eigenvalue weighted by Gasteiger charge is 2.46. The van der Waals surface area contributed by atoms with Gasteiger partial charge >= 0.3 is 0 Å². The lowest BCUT2D eigenvalue weighted by Gasteiger charge is -2.45. The maximum Gasteiger partial charge on any atom is 0.132 e. The number of rotatable bonds is 9. The van der Waals surface area contributed by atoms with Crippen LogP contribution in [0.2, 0.25) is 5.02 Å². The van der Waals surface area contributed by atoms with Gasteiger partial charge in [-0.15, -0.1) is 0 Å². The van der Waals surface area contributed by atoms with Crippen molar-refractivity contribution in [1.82, 2.24) is 0 Å². The highest BCUT2D eigenvalue weighted by Crippen LogP contribution is 2.45. The minimum Gasteiger partial charge on any atom is -0.497 e. The van der Waals surface area contributed by atoms with Gasteiger partial charge in [-0.05, 0) is 75.2 Å². The normalized spacial score (nSPS) is 18.6.